The van der Waals surface area contributed by atoms with Crippen molar-refractivity contribution in [2.45, 2.75) is 42.5 Å². The normalized spacial score (nSPS) is 16.2. The predicted molar refractivity (Wildman–Crippen MR) is 164 cm³/mol. The highest BCUT2D eigenvalue weighted by Crippen LogP contribution is 2.43. The first kappa shape index (κ1) is 28.2. The molecule has 0 spiro atoms. The first-order valence-electron chi connectivity index (χ1n) is 13.8. The van der Waals surface area contributed by atoms with E-state index in [4.69, 9.17) is 4.74 Å². The molecule has 0 saturated heterocycles. The van der Waals surface area contributed by atoms with Crippen LogP contribution < -0.4 is 4.74 Å². The van der Waals surface area contributed by atoms with Crippen molar-refractivity contribution < 1.29 is 21.6 Å². The van der Waals surface area contributed by atoms with Gasteiger partial charge in [-0.25, -0.2) is 20.8 Å². The Morgan fingerprint density at radius 3 is 1.88 bits per heavy atom. The topological polar surface area (TPSA) is 85.7 Å². The maximum Gasteiger partial charge on any atom is 0.268 e. The second-order valence-corrected chi connectivity index (χ2v) is 14.5. The van der Waals surface area contributed by atoms with E-state index in [1.165, 1.54) is 8.28 Å². The Bertz CT molecular complexity index is 1980. The molecule has 5 aromatic rings. The standard InChI is InChI=1S/C33H32N2O5S2/c1-23-8-16-27(17-9-23)41(36,37)34-21-20-29(25-12-14-26(40-3)15-13-25)33-31(22-34)30-6-4-5-7-32(30)35(33)42(38,39)28-18-10-24(2)11-19-28/h4-19,29H,20-22H2,1-3H3. The molecule has 0 amide bonds. The van der Waals surface area contributed by atoms with Crippen molar-refractivity contribution >= 4 is 30.9 Å². The highest BCUT2D eigenvalue weighted by molar-refractivity contribution is 7.90. The molecular formula is C33H32N2O5S2. The number of hydrogen-bond donors (Lipinski definition) is 0. The van der Waals surface area contributed by atoms with Gasteiger partial charge < -0.3 is 4.74 Å². The van der Waals surface area contributed by atoms with E-state index in [9.17, 15) is 16.8 Å². The van der Waals surface area contributed by atoms with E-state index < -0.39 is 26.0 Å². The number of sulfonamides is 1. The van der Waals surface area contributed by atoms with Crippen LogP contribution in [0.15, 0.2) is 107 Å². The Balaban J connectivity index is 1.61. The summed E-state index contributed by atoms with van der Waals surface area (Å²) in [5.41, 5.74) is 4.61. The zero-order valence-electron chi connectivity index (χ0n) is 23.7. The van der Waals surface area contributed by atoms with E-state index in [2.05, 4.69) is 0 Å². The van der Waals surface area contributed by atoms with Gasteiger partial charge in [-0.1, -0.05) is 65.7 Å². The lowest BCUT2D eigenvalue weighted by atomic mass is 9.91. The van der Waals surface area contributed by atoms with Crippen LogP contribution >= 0.6 is 0 Å². The largest absolute Gasteiger partial charge is 0.497 e. The molecule has 7 nitrogen and oxygen atoms in total. The van der Waals surface area contributed by atoms with Crippen molar-refractivity contribution in [1.29, 1.82) is 0 Å². The lowest BCUT2D eigenvalue weighted by Crippen LogP contribution is -2.31. The zero-order chi connectivity index (χ0) is 29.6. The van der Waals surface area contributed by atoms with Crippen LogP contribution in [0.3, 0.4) is 0 Å². The summed E-state index contributed by atoms with van der Waals surface area (Å²) in [4.78, 5) is 0.395. The van der Waals surface area contributed by atoms with Crippen LogP contribution in [0.2, 0.25) is 0 Å². The van der Waals surface area contributed by atoms with Gasteiger partial charge in [0, 0.05) is 30.1 Å². The monoisotopic (exact) mass is 600 g/mol. The first-order chi connectivity index (χ1) is 20.1. The van der Waals surface area contributed by atoms with E-state index >= 15 is 0 Å². The number of benzene rings is 4. The molecule has 0 saturated carbocycles. The molecule has 0 bridgehead atoms. The zero-order valence-corrected chi connectivity index (χ0v) is 25.3. The summed E-state index contributed by atoms with van der Waals surface area (Å²) in [6.45, 7) is 4.10. The number of aryl methyl sites for hydroxylation is 2. The second kappa shape index (κ2) is 10.7. The van der Waals surface area contributed by atoms with Crippen molar-refractivity contribution in [3.63, 3.8) is 0 Å². The van der Waals surface area contributed by atoms with Crippen molar-refractivity contribution in [2.24, 2.45) is 0 Å². The summed E-state index contributed by atoms with van der Waals surface area (Å²) in [6.07, 6.45) is 0.393. The molecule has 42 heavy (non-hydrogen) atoms. The Kier molecular flexibility index (Phi) is 7.21. The summed E-state index contributed by atoms with van der Waals surface area (Å²) < 4.78 is 65.1. The summed E-state index contributed by atoms with van der Waals surface area (Å²) >= 11 is 0. The maximum atomic E-state index is 14.4. The lowest BCUT2D eigenvalue weighted by molar-refractivity contribution is 0.405. The molecule has 1 aliphatic rings. The molecule has 0 radical (unpaired) electrons. The van der Waals surface area contributed by atoms with E-state index in [0.29, 0.717) is 34.3 Å². The molecule has 1 aromatic heterocycles. The predicted octanol–water partition coefficient (Wildman–Crippen LogP) is 6.23. The Labute approximate surface area is 247 Å². The molecule has 216 valence electrons. The molecule has 1 aliphatic heterocycles. The highest BCUT2D eigenvalue weighted by Gasteiger charge is 2.37. The lowest BCUT2D eigenvalue weighted by Gasteiger charge is -2.22. The van der Waals surface area contributed by atoms with Gasteiger partial charge in [0.25, 0.3) is 10.0 Å². The minimum Gasteiger partial charge on any atom is -0.497 e. The summed E-state index contributed by atoms with van der Waals surface area (Å²) in [7, 11) is -6.30. The van der Waals surface area contributed by atoms with E-state index in [-0.39, 0.29) is 22.9 Å². The number of hydrogen-bond acceptors (Lipinski definition) is 5. The quantitative estimate of drug-likeness (QED) is 0.231. The molecule has 1 unspecified atom stereocenters. The fourth-order valence-corrected chi connectivity index (χ4v) is 8.81. The summed E-state index contributed by atoms with van der Waals surface area (Å²) in [5, 5.41) is 0.715. The van der Waals surface area contributed by atoms with Crippen LogP contribution in [-0.2, 0) is 26.6 Å². The van der Waals surface area contributed by atoms with E-state index in [1.54, 1.807) is 61.7 Å². The molecule has 0 fully saturated rings. The molecule has 2 heterocycles. The third kappa shape index (κ3) is 4.81. The summed E-state index contributed by atoms with van der Waals surface area (Å²) in [5.74, 6) is 0.292. The van der Waals surface area contributed by atoms with Crippen molar-refractivity contribution in [3.8, 4) is 5.75 Å². The molecule has 0 N–H and O–H groups in total. The number of para-hydroxylation sites is 1. The minimum absolute atomic E-state index is 0.0507. The number of ether oxygens (including phenoxy) is 1. The SMILES string of the molecule is COc1ccc(C2CCN(S(=O)(=O)c3ccc(C)cc3)Cc3c2n(S(=O)(=O)c2ccc(C)cc2)c2ccccc32)cc1. The number of fused-ring (bicyclic) bond motifs is 3. The summed E-state index contributed by atoms with van der Waals surface area (Å²) in [6, 6.07) is 28.5. The highest BCUT2D eigenvalue weighted by atomic mass is 32.2. The van der Waals surface area contributed by atoms with Crippen LogP contribution in [0, 0.1) is 13.8 Å². The van der Waals surface area contributed by atoms with E-state index in [1.807, 2.05) is 56.3 Å². The fourth-order valence-electron chi connectivity index (χ4n) is 5.78. The van der Waals surface area contributed by atoms with Gasteiger partial charge in [0.2, 0.25) is 10.0 Å². The van der Waals surface area contributed by atoms with Crippen LogP contribution in [0.5, 0.6) is 5.75 Å². The van der Waals surface area contributed by atoms with Gasteiger partial charge in [-0.3, -0.25) is 0 Å². The average Bonchev–Trinajstić information content (AvgIpc) is 3.18. The smallest absolute Gasteiger partial charge is 0.268 e. The first-order valence-corrected chi connectivity index (χ1v) is 16.6. The number of nitrogens with zero attached hydrogens (tertiary/aromatic N) is 2. The molecule has 1 atom stereocenters. The third-order valence-corrected chi connectivity index (χ3v) is 11.6. The van der Waals surface area contributed by atoms with Gasteiger partial charge in [-0.05, 0) is 73.9 Å². The van der Waals surface area contributed by atoms with Crippen molar-refractivity contribution in [2.75, 3.05) is 13.7 Å². The van der Waals surface area contributed by atoms with Crippen LogP contribution in [0.1, 0.15) is 40.3 Å². The van der Waals surface area contributed by atoms with Gasteiger partial charge in [0.1, 0.15) is 5.75 Å². The number of aromatic nitrogens is 1. The Morgan fingerprint density at radius 2 is 1.29 bits per heavy atom. The second-order valence-electron chi connectivity index (χ2n) is 10.7. The number of rotatable bonds is 6. The van der Waals surface area contributed by atoms with Gasteiger partial charge in [-0.15, -0.1) is 0 Å². The van der Waals surface area contributed by atoms with Gasteiger partial charge in [0.15, 0.2) is 0 Å². The average molecular weight is 601 g/mol. The Hall–Kier alpha value is -3.92. The fraction of sp³-hybridized carbons (Fsp3) is 0.212. The van der Waals surface area contributed by atoms with Crippen LogP contribution in [0.4, 0.5) is 0 Å². The molecule has 6 rings (SSSR count). The van der Waals surface area contributed by atoms with Crippen LogP contribution in [0.25, 0.3) is 10.9 Å². The minimum atomic E-state index is -4.04. The Morgan fingerprint density at radius 1 is 0.714 bits per heavy atom. The number of methoxy groups -OCH3 is 1. The van der Waals surface area contributed by atoms with Gasteiger partial charge in [-0.2, -0.15) is 4.31 Å². The maximum absolute atomic E-state index is 14.4. The van der Waals surface area contributed by atoms with E-state index in [0.717, 1.165) is 16.7 Å². The van der Waals surface area contributed by atoms with Gasteiger partial charge >= 0.3 is 0 Å². The third-order valence-electron chi connectivity index (χ3n) is 8.04. The van der Waals surface area contributed by atoms with Crippen molar-refractivity contribution in [3.05, 3.63) is 125 Å². The van der Waals surface area contributed by atoms with Crippen LogP contribution in [-0.4, -0.2) is 38.8 Å². The molecular weight excluding hydrogens is 569 g/mol. The van der Waals surface area contributed by atoms with Crippen molar-refractivity contribution in [1.82, 2.24) is 8.28 Å². The molecule has 4 aromatic carbocycles. The molecule has 0 aliphatic carbocycles. The molecule has 9 heteroatoms. The van der Waals surface area contributed by atoms with Gasteiger partial charge in [0.05, 0.1) is 22.4 Å².